The topological polar surface area (TPSA) is 96.9 Å². The average molecular weight is 570 g/mol. The molecule has 0 aliphatic heterocycles. The van der Waals surface area contributed by atoms with Crippen molar-refractivity contribution in [3.05, 3.63) is 64.0 Å². The number of esters is 1. The predicted molar refractivity (Wildman–Crippen MR) is 159 cm³/mol. The fraction of sp³-hybridized carbons (Fsp3) is 0.400. The Hall–Kier alpha value is -3.23. The standard InChI is InChI=1S/C30H36ClN3O4S/c1-2-3-4-5-6-7-8-9-10-19-26(35)32-21-27(36)34-33-20-22-15-11-13-17-24(22)38-30(37)29-28(31)23-16-12-14-18-25(23)39-29/h11-18,20H,2-10,19,21H2,1H3,(H,32,35)(H,34,36)/b33-20+. The van der Waals surface area contributed by atoms with Crippen LogP contribution in [0.5, 0.6) is 5.75 Å². The Labute approximate surface area is 239 Å². The van der Waals surface area contributed by atoms with Crippen LogP contribution in [-0.2, 0) is 9.59 Å². The minimum Gasteiger partial charge on any atom is -0.422 e. The van der Waals surface area contributed by atoms with E-state index in [4.69, 9.17) is 16.3 Å². The molecule has 9 heteroatoms. The molecule has 0 saturated heterocycles. The zero-order valence-corrected chi connectivity index (χ0v) is 23.9. The number of nitrogens with zero attached hydrogens (tertiary/aromatic N) is 1. The summed E-state index contributed by atoms with van der Waals surface area (Å²) in [6.07, 6.45) is 12.4. The van der Waals surface area contributed by atoms with Gasteiger partial charge in [-0.05, 0) is 24.6 Å². The summed E-state index contributed by atoms with van der Waals surface area (Å²) in [5, 5.41) is 7.73. The van der Waals surface area contributed by atoms with Gasteiger partial charge in [0.15, 0.2) is 0 Å². The number of hydrogen-bond donors (Lipinski definition) is 2. The first-order valence-corrected chi connectivity index (χ1v) is 14.8. The number of ether oxygens (including phenoxy) is 1. The molecular formula is C30H36ClN3O4S. The second kappa shape index (κ2) is 16.7. The number of halogens is 1. The number of hydrazone groups is 1. The number of hydrogen-bond acceptors (Lipinski definition) is 6. The maximum Gasteiger partial charge on any atom is 0.355 e. The molecule has 1 aromatic heterocycles. The van der Waals surface area contributed by atoms with E-state index in [9.17, 15) is 14.4 Å². The summed E-state index contributed by atoms with van der Waals surface area (Å²) >= 11 is 7.67. The number of benzene rings is 2. The maximum absolute atomic E-state index is 12.8. The molecule has 0 atom stereocenters. The van der Waals surface area contributed by atoms with Crippen LogP contribution in [0.2, 0.25) is 5.02 Å². The third-order valence-corrected chi connectivity index (χ3v) is 7.84. The molecule has 7 nitrogen and oxygen atoms in total. The summed E-state index contributed by atoms with van der Waals surface area (Å²) in [5.41, 5.74) is 2.88. The molecule has 0 fully saturated rings. The monoisotopic (exact) mass is 569 g/mol. The number of unbranched alkanes of at least 4 members (excludes halogenated alkanes) is 8. The van der Waals surface area contributed by atoms with Crippen LogP contribution in [-0.4, -0.2) is 30.5 Å². The fourth-order valence-corrected chi connectivity index (χ4v) is 5.43. The molecule has 0 unspecified atom stereocenters. The van der Waals surface area contributed by atoms with E-state index in [1.165, 1.54) is 56.1 Å². The van der Waals surface area contributed by atoms with Gasteiger partial charge >= 0.3 is 5.97 Å². The Kier molecular flexibility index (Phi) is 13.0. The molecule has 0 aliphatic carbocycles. The highest BCUT2D eigenvalue weighted by Crippen LogP contribution is 2.36. The van der Waals surface area contributed by atoms with Crippen LogP contribution in [0.1, 0.15) is 86.4 Å². The van der Waals surface area contributed by atoms with Crippen LogP contribution in [0.15, 0.2) is 53.6 Å². The molecule has 3 aromatic rings. The first kappa shape index (κ1) is 30.3. The van der Waals surface area contributed by atoms with E-state index in [0.29, 0.717) is 21.9 Å². The molecule has 0 aliphatic rings. The average Bonchev–Trinajstić information content (AvgIpc) is 3.28. The Morgan fingerprint density at radius 2 is 1.56 bits per heavy atom. The van der Waals surface area contributed by atoms with Crippen molar-refractivity contribution in [3.63, 3.8) is 0 Å². The van der Waals surface area contributed by atoms with E-state index in [0.717, 1.165) is 29.3 Å². The van der Waals surface area contributed by atoms with Gasteiger partial charge in [0.1, 0.15) is 10.6 Å². The van der Waals surface area contributed by atoms with Gasteiger partial charge in [-0.25, -0.2) is 10.2 Å². The van der Waals surface area contributed by atoms with Gasteiger partial charge < -0.3 is 10.1 Å². The molecule has 208 valence electrons. The van der Waals surface area contributed by atoms with E-state index in [2.05, 4.69) is 22.8 Å². The van der Waals surface area contributed by atoms with Crippen molar-refractivity contribution < 1.29 is 19.1 Å². The molecular weight excluding hydrogens is 534 g/mol. The molecule has 0 radical (unpaired) electrons. The zero-order chi connectivity index (χ0) is 27.9. The fourth-order valence-electron chi connectivity index (χ4n) is 4.05. The Morgan fingerprint density at radius 1 is 0.897 bits per heavy atom. The maximum atomic E-state index is 12.8. The van der Waals surface area contributed by atoms with Gasteiger partial charge in [-0.3, -0.25) is 9.59 Å². The number of para-hydroxylation sites is 1. The number of carbonyl (C=O) groups is 3. The highest BCUT2D eigenvalue weighted by molar-refractivity contribution is 7.21. The Morgan fingerprint density at radius 3 is 2.31 bits per heavy atom. The molecule has 3 rings (SSSR count). The quantitative estimate of drug-likeness (QED) is 0.0623. The van der Waals surface area contributed by atoms with Gasteiger partial charge in [-0.2, -0.15) is 5.10 Å². The van der Waals surface area contributed by atoms with E-state index in [1.807, 2.05) is 24.3 Å². The number of fused-ring (bicyclic) bond motifs is 1. The van der Waals surface area contributed by atoms with Crippen LogP contribution in [0.3, 0.4) is 0 Å². The van der Waals surface area contributed by atoms with Gasteiger partial charge in [-0.15, -0.1) is 11.3 Å². The van der Waals surface area contributed by atoms with Gasteiger partial charge in [0.2, 0.25) is 5.91 Å². The molecule has 2 amide bonds. The molecule has 2 N–H and O–H groups in total. The molecule has 0 spiro atoms. The van der Waals surface area contributed by atoms with Gasteiger partial charge in [-0.1, -0.05) is 100 Å². The van der Waals surface area contributed by atoms with Crippen LogP contribution in [0.25, 0.3) is 10.1 Å². The molecule has 0 bridgehead atoms. The number of carbonyl (C=O) groups excluding carboxylic acids is 3. The molecule has 0 saturated carbocycles. The van der Waals surface area contributed by atoms with E-state index >= 15 is 0 Å². The summed E-state index contributed by atoms with van der Waals surface area (Å²) in [5.74, 6) is -0.878. The van der Waals surface area contributed by atoms with E-state index < -0.39 is 11.9 Å². The van der Waals surface area contributed by atoms with Crippen molar-refractivity contribution in [2.45, 2.75) is 71.1 Å². The first-order valence-electron chi connectivity index (χ1n) is 13.6. The van der Waals surface area contributed by atoms with Crippen molar-refractivity contribution in [2.75, 3.05) is 6.54 Å². The van der Waals surface area contributed by atoms with Crippen molar-refractivity contribution in [1.29, 1.82) is 0 Å². The normalized spacial score (nSPS) is 11.1. The summed E-state index contributed by atoms with van der Waals surface area (Å²) in [6, 6.07) is 14.3. The van der Waals surface area contributed by atoms with E-state index in [-0.39, 0.29) is 18.2 Å². The Bertz CT molecular complexity index is 1270. The number of thiophene rings is 1. The van der Waals surface area contributed by atoms with Crippen LogP contribution in [0.4, 0.5) is 0 Å². The van der Waals surface area contributed by atoms with Gasteiger partial charge in [0, 0.05) is 22.1 Å². The summed E-state index contributed by atoms with van der Waals surface area (Å²) in [6.45, 7) is 2.06. The lowest BCUT2D eigenvalue weighted by atomic mass is 10.1. The highest BCUT2D eigenvalue weighted by Gasteiger charge is 2.19. The SMILES string of the molecule is CCCCCCCCCCCC(=O)NCC(=O)N/N=C/c1ccccc1OC(=O)c1sc2ccccc2c1Cl. The minimum atomic E-state index is -0.569. The van der Waals surface area contributed by atoms with E-state index in [1.54, 1.807) is 24.3 Å². The van der Waals surface area contributed by atoms with Gasteiger partial charge in [0.25, 0.3) is 5.91 Å². The lowest BCUT2D eigenvalue weighted by molar-refractivity contribution is -0.126. The van der Waals surface area contributed by atoms with Crippen molar-refractivity contribution in [2.24, 2.45) is 5.10 Å². The highest BCUT2D eigenvalue weighted by atomic mass is 35.5. The largest absolute Gasteiger partial charge is 0.422 e. The van der Waals surface area contributed by atoms with Crippen molar-refractivity contribution in [3.8, 4) is 5.75 Å². The third-order valence-electron chi connectivity index (χ3n) is 6.19. The minimum absolute atomic E-state index is 0.144. The lowest BCUT2D eigenvalue weighted by Crippen LogP contribution is -2.34. The third kappa shape index (κ3) is 10.1. The number of rotatable bonds is 16. The summed E-state index contributed by atoms with van der Waals surface area (Å²) in [7, 11) is 0. The number of nitrogens with one attached hydrogen (secondary N) is 2. The second-order valence-electron chi connectivity index (χ2n) is 9.32. The van der Waals surface area contributed by atoms with Crippen LogP contribution in [0, 0.1) is 0 Å². The molecule has 2 aromatic carbocycles. The lowest BCUT2D eigenvalue weighted by Gasteiger charge is -2.07. The zero-order valence-electron chi connectivity index (χ0n) is 22.3. The first-order chi connectivity index (χ1) is 19.0. The summed E-state index contributed by atoms with van der Waals surface area (Å²) in [4.78, 5) is 37.2. The van der Waals surface area contributed by atoms with Gasteiger partial charge in [0.05, 0.1) is 17.8 Å². The van der Waals surface area contributed by atoms with Crippen molar-refractivity contribution >= 4 is 57.0 Å². The van der Waals surface area contributed by atoms with Crippen LogP contribution >= 0.6 is 22.9 Å². The molecule has 1 heterocycles. The second-order valence-corrected chi connectivity index (χ2v) is 10.7. The predicted octanol–water partition coefficient (Wildman–Crippen LogP) is 7.26. The number of amides is 2. The van der Waals surface area contributed by atoms with Crippen LogP contribution < -0.4 is 15.5 Å². The Balaban J connectivity index is 1.38. The smallest absolute Gasteiger partial charge is 0.355 e. The molecule has 39 heavy (non-hydrogen) atoms. The summed E-state index contributed by atoms with van der Waals surface area (Å²) < 4.78 is 6.48. The van der Waals surface area contributed by atoms with Crippen molar-refractivity contribution in [1.82, 2.24) is 10.7 Å².